The van der Waals surface area contributed by atoms with Gasteiger partial charge in [-0.25, -0.2) is 9.97 Å². The van der Waals surface area contributed by atoms with Crippen LogP contribution in [0.5, 0.6) is 5.75 Å². The number of anilines is 1. The van der Waals surface area contributed by atoms with E-state index in [1.54, 1.807) is 37.4 Å². The molecule has 24 heavy (non-hydrogen) atoms. The lowest BCUT2D eigenvalue weighted by Gasteiger charge is -2.07. The zero-order valence-electron chi connectivity index (χ0n) is 12.9. The molecule has 0 radical (unpaired) electrons. The van der Waals surface area contributed by atoms with Gasteiger partial charge in [0.2, 0.25) is 0 Å². The number of ether oxygens (including phenoxy) is 1. The minimum Gasteiger partial charge on any atom is -0.497 e. The summed E-state index contributed by atoms with van der Waals surface area (Å²) in [5.74, 6) is 0.910. The highest BCUT2D eigenvalue weighted by atomic mass is 35.5. The molecule has 5 nitrogen and oxygen atoms in total. The zero-order chi connectivity index (χ0) is 16.9. The molecule has 0 unspecified atom stereocenters. The Bertz CT molecular complexity index is 849. The van der Waals surface area contributed by atoms with E-state index in [0.29, 0.717) is 22.1 Å². The molecule has 1 heterocycles. The van der Waals surface area contributed by atoms with Crippen molar-refractivity contribution in [3.63, 3.8) is 0 Å². The van der Waals surface area contributed by atoms with Crippen LogP contribution in [0, 0.1) is 0 Å². The Labute approximate surface area is 144 Å². The Balaban J connectivity index is 1.75. The fourth-order valence-corrected chi connectivity index (χ4v) is 2.32. The first-order chi connectivity index (χ1) is 11.7. The molecule has 2 aromatic carbocycles. The smallest absolute Gasteiger partial charge is 0.258 e. The molecule has 0 saturated carbocycles. The highest BCUT2D eigenvalue weighted by Gasteiger charge is 2.10. The van der Waals surface area contributed by atoms with E-state index < -0.39 is 0 Å². The summed E-state index contributed by atoms with van der Waals surface area (Å²) in [6.07, 6.45) is 2.95. The van der Waals surface area contributed by atoms with Crippen molar-refractivity contribution >= 4 is 23.2 Å². The Morgan fingerprint density at radius 1 is 1.04 bits per heavy atom. The SMILES string of the molecule is COc1ccc(NC(=O)c2cnc(-c3ccccc3Cl)nc2)cc1. The highest BCUT2D eigenvalue weighted by molar-refractivity contribution is 6.33. The van der Waals surface area contributed by atoms with Crippen molar-refractivity contribution < 1.29 is 9.53 Å². The van der Waals surface area contributed by atoms with Gasteiger partial charge in [-0.3, -0.25) is 4.79 Å². The normalized spacial score (nSPS) is 10.2. The molecule has 0 aliphatic rings. The van der Waals surface area contributed by atoms with E-state index in [2.05, 4.69) is 15.3 Å². The summed E-state index contributed by atoms with van der Waals surface area (Å²) in [5.41, 5.74) is 1.75. The highest BCUT2D eigenvalue weighted by Crippen LogP contribution is 2.24. The second-order valence-corrected chi connectivity index (χ2v) is 5.37. The molecule has 0 bridgehead atoms. The van der Waals surface area contributed by atoms with Crippen molar-refractivity contribution in [1.29, 1.82) is 0 Å². The van der Waals surface area contributed by atoms with Crippen LogP contribution in [0.3, 0.4) is 0 Å². The van der Waals surface area contributed by atoms with Crippen molar-refractivity contribution in [1.82, 2.24) is 9.97 Å². The molecule has 120 valence electrons. The number of nitrogens with one attached hydrogen (secondary N) is 1. The number of rotatable bonds is 4. The molecule has 0 spiro atoms. The molecular weight excluding hydrogens is 326 g/mol. The number of hydrogen-bond acceptors (Lipinski definition) is 4. The van der Waals surface area contributed by atoms with E-state index in [-0.39, 0.29) is 5.91 Å². The zero-order valence-corrected chi connectivity index (χ0v) is 13.6. The Morgan fingerprint density at radius 3 is 2.33 bits per heavy atom. The van der Waals surface area contributed by atoms with E-state index in [4.69, 9.17) is 16.3 Å². The van der Waals surface area contributed by atoms with Crippen LogP contribution in [0.15, 0.2) is 60.9 Å². The summed E-state index contributed by atoms with van der Waals surface area (Å²) in [4.78, 5) is 20.7. The molecule has 1 aromatic heterocycles. The predicted octanol–water partition coefficient (Wildman–Crippen LogP) is 4.06. The number of nitrogens with zero attached hydrogens (tertiary/aromatic N) is 2. The first kappa shape index (κ1) is 16.0. The molecule has 3 rings (SSSR count). The van der Waals surface area contributed by atoms with Gasteiger partial charge < -0.3 is 10.1 Å². The monoisotopic (exact) mass is 339 g/mol. The summed E-state index contributed by atoms with van der Waals surface area (Å²) in [6, 6.07) is 14.3. The van der Waals surface area contributed by atoms with Gasteiger partial charge in [0.1, 0.15) is 5.75 Å². The number of carbonyl (C=O) groups is 1. The van der Waals surface area contributed by atoms with Gasteiger partial charge in [-0.2, -0.15) is 0 Å². The Morgan fingerprint density at radius 2 is 1.71 bits per heavy atom. The molecule has 1 amide bonds. The third-order valence-corrected chi connectivity index (χ3v) is 3.71. The predicted molar refractivity (Wildman–Crippen MR) is 93.4 cm³/mol. The third kappa shape index (κ3) is 3.52. The lowest BCUT2D eigenvalue weighted by Crippen LogP contribution is -2.12. The van der Waals surface area contributed by atoms with Crippen LogP contribution < -0.4 is 10.1 Å². The maximum Gasteiger partial charge on any atom is 0.258 e. The van der Waals surface area contributed by atoms with Gasteiger partial charge in [-0.05, 0) is 36.4 Å². The second-order valence-electron chi connectivity index (χ2n) is 4.96. The molecule has 1 N–H and O–H groups in total. The molecule has 0 saturated heterocycles. The number of benzene rings is 2. The van der Waals surface area contributed by atoms with Crippen molar-refractivity contribution in [3.05, 3.63) is 71.5 Å². The van der Waals surface area contributed by atoms with Gasteiger partial charge in [-0.15, -0.1) is 0 Å². The van der Waals surface area contributed by atoms with Crippen molar-refractivity contribution in [2.75, 3.05) is 12.4 Å². The van der Waals surface area contributed by atoms with Crippen LogP contribution in [-0.4, -0.2) is 23.0 Å². The molecule has 0 aliphatic heterocycles. The summed E-state index contributed by atoms with van der Waals surface area (Å²) in [6.45, 7) is 0. The van der Waals surface area contributed by atoms with Gasteiger partial charge in [-0.1, -0.05) is 23.7 Å². The van der Waals surface area contributed by atoms with E-state index in [0.717, 1.165) is 11.3 Å². The molecule has 6 heteroatoms. The van der Waals surface area contributed by atoms with Crippen LogP contribution in [0.4, 0.5) is 5.69 Å². The average molecular weight is 340 g/mol. The fourth-order valence-electron chi connectivity index (χ4n) is 2.10. The largest absolute Gasteiger partial charge is 0.497 e. The van der Waals surface area contributed by atoms with Crippen LogP contribution >= 0.6 is 11.6 Å². The van der Waals surface area contributed by atoms with Crippen molar-refractivity contribution in [3.8, 4) is 17.1 Å². The number of carbonyl (C=O) groups excluding carboxylic acids is 1. The van der Waals surface area contributed by atoms with Crippen LogP contribution in [0.2, 0.25) is 5.02 Å². The third-order valence-electron chi connectivity index (χ3n) is 3.38. The van der Waals surface area contributed by atoms with Gasteiger partial charge in [0.25, 0.3) is 5.91 Å². The van der Waals surface area contributed by atoms with Crippen molar-refractivity contribution in [2.24, 2.45) is 0 Å². The van der Waals surface area contributed by atoms with Gasteiger partial charge in [0.05, 0.1) is 17.7 Å². The maximum absolute atomic E-state index is 12.2. The maximum atomic E-state index is 12.2. The molecule has 0 fully saturated rings. The summed E-state index contributed by atoms with van der Waals surface area (Å²) in [7, 11) is 1.59. The van der Waals surface area contributed by atoms with E-state index in [1.807, 2.05) is 18.2 Å². The molecule has 0 aliphatic carbocycles. The number of methoxy groups -OCH3 is 1. The lowest BCUT2D eigenvalue weighted by atomic mass is 10.2. The number of aromatic nitrogens is 2. The first-order valence-corrected chi connectivity index (χ1v) is 7.57. The standard InChI is InChI=1S/C18H14ClN3O2/c1-24-14-8-6-13(7-9-14)22-18(23)12-10-20-17(21-11-12)15-4-2-3-5-16(15)19/h2-11H,1H3,(H,22,23). The van der Waals surface area contributed by atoms with Crippen molar-refractivity contribution in [2.45, 2.75) is 0 Å². The topological polar surface area (TPSA) is 64.1 Å². The van der Waals surface area contributed by atoms with Crippen LogP contribution in [0.1, 0.15) is 10.4 Å². The summed E-state index contributed by atoms with van der Waals surface area (Å²) < 4.78 is 5.08. The minimum atomic E-state index is -0.286. The molecule has 0 atom stereocenters. The number of hydrogen-bond donors (Lipinski definition) is 1. The van der Waals surface area contributed by atoms with E-state index in [9.17, 15) is 4.79 Å². The number of amides is 1. The Kier molecular flexibility index (Phi) is 4.72. The summed E-state index contributed by atoms with van der Waals surface area (Å²) in [5, 5.41) is 3.34. The first-order valence-electron chi connectivity index (χ1n) is 7.20. The van der Waals surface area contributed by atoms with E-state index >= 15 is 0 Å². The summed E-state index contributed by atoms with van der Waals surface area (Å²) >= 11 is 6.12. The molecular formula is C18H14ClN3O2. The quantitative estimate of drug-likeness (QED) is 0.778. The minimum absolute atomic E-state index is 0.286. The fraction of sp³-hybridized carbons (Fsp3) is 0.0556. The van der Waals surface area contributed by atoms with Gasteiger partial charge in [0, 0.05) is 23.6 Å². The van der Waals surface area contributed by atoms with Gasteiger partial charge >= 0.3 is 0 Å². The lowest BCUT2D eigenvalue weighted by molar-refractivity contribution is 0.102. The van der Waals surface area contributed by atoms with Crippen LogP contribution in [-0.2, 0) is 0 Å². The average Bonchev–Trinajstić information content (AvgIpc) is 2.63. The molecule has 3 aromatic rings. The Hall–Kier alpha value is -2.92. The second kappa shape index (κ2) is 7.10. The van der Waals surface area contributed by atoms with Crippen LogP contribution in [0.25, 0.3) is 11.4 Å². The van der Waals surface area contributed by atoms with Gasteiger partial charge in [0.15, 0.2) is 5.82 Å². The van der Waals surface area contributed by atoms with E-state index in [1.165, 1.54) is 12.4 Å². The number of halogens is 1.